The van der Waals surface area contributed by atoms with Gasteiger partial charge in [-0.3, -0.25) is 0 Å². The van der Waals surface area contributed by atoms with Crippen LogP contribution in [0.2, 0.25) is 0 Å². The van der Waals surface area contributed by atoms with Gasteiger partial charge in [0.2, 0.25) is 0 Å². The van der Waals surface area contributed by atoms with Crippen molar-refractivity contribution in [3.05, 3.63) is 36.0 Å². The molecule has 1 heterocycles. The van der Waals surface area contributed by atoms with Crippen LogP contribution in [0.5, 0.6) is 0 Å². The van der Waals surface area contributed by atoms with Gasteiger partial charge in [0.25, 0.3) is 0 Å². The number of hydrogen-bond donors (Lipinski definition) is 1. The number of hydrogen-bond acceptors (Lipinski definition) is 2. The Morgan fingerprint density at radius 2 is 2.06 bits per heavy atom. The van der Waals surface area contributed by atoms with E-state index < -0.39 is 0 Å². The average Bonchev–Trinajstić information content (AvgIpc) is 2.96. The zero-order valence-electron chi connectivity index (χ0n) is 11.2. The molecule has 0 aliphatic heterocycles. The molecule has 0 atom stereocenters. The Balaban J connectivity index is 1.81. The minimum Gasteiger partial charge on any atom is -0.350 e. The van der Waals surface area contributed by atoms with Gasteiger partial charge < -0.3 is 15.2 Å². The number of likely N-dealkylation sites (N-methyl/N-ethyl adjacent to an activating group) is 1. The number of nitrogens with two attached hydrogens (primary N) is 1. The van der Waals surface area contributed by atoms with Crippen LogP contribution in [-0.2, 0) is 13.6 Å². The Bertz CT molecular complexity index is 566. The lowest BCUT2D eigenvalue weighted by atomic mass is 10.1. The van der Waals surface area contributed by atoms with E-state index in [1.54, 1.807) is 0 Å². The lowest BCUT2D eigenvalue weighted by molar-refractivity contribution is 0.296. The van der Waals surface area contributed by atoms with Gasteiger partial charge in [-0.1, -0.05) is 18.2 Å². The zero-order valence-corrected chi connectivity index (χ0v) is 11.2. The predicted octanol–water partition coefficient (Wildman–Crippen LogP) is 2.10. The van der Waals surface area contributed by atoms with Gasteiger partial charge in [0.05, 0.1) is 0 Å². The molecule has 1 aromatic carbocycles. The second-order valence-corrected chi connectivity index (χ2v) is 5.82. The smallest absolute Gasteiger partial charge is 0.0481 e. The summed E-state index contributed by atoms with van der Waals surface area (Å²) in [6, 6.07) is 8.57. The molecule has 3 heteroatoms. The Kier molecular flexibility index (Phi) is 2.68. The van der Waals surface area contributed by atoms with Crippen LogP contribution in [0.15, 0.2) is 30.5 Å². The van der Waals surface area contributed by atoms with E-state index in [1.807, 2.05) is 0 Å². The van der Waals surface area contributed by atoms with Crippen molar-refractivity contribution in [2.45, 2.75) is 24.9 Å². The predicted molar refractivity (Wildman–Crippen MR) is 75.4 cm³/mol. The maximum absolute atomic E-state index is 6.17. The van der Waals surface area contributed by atoms with Crippen LogP contribution >= 0.6 is 0 Å². The van der Waals surface area contributed by atoms with Gasteiger partial charge in [0.1, 0.15) is 0 Å². The van der Waals surface area contributed by atoms with E-state index >= 15 is 0 Å². The van der Waals surface area contributed by atoms with Crippen LogP contribution in [0.4, 0.5) is 0 Å². The van der Waals surface area contributed by atoms with Crippen molar-refractivity contribution in [1.82, 2.24) is 9.47 Å². The summed E-state index contributed by atoms with van der Waals surface area (Å²) < 4.78 is 2.20. The quantitative estimate of drug-likeness (QED) is 0.892. The van der Waals surface area contributed by atoms with Crippen LogP contribution in [0, 0.1) is 0 Å². The number of para-hydroxylation sites is 1. The summed E-state index contributed by atoms with van der Waals surface area (Å²) in [5, 5.41) is 1.36. The van der Waals surface area contributed by atoms with E-state index in [2.05, 4.69) is 54.0 Å². The highest BCUT2D eigenvalue weighted by Crippen LogP contribution is 2.33. The number of rotatable bonds is 4. The first-order valence-corrected chi connectivity index (χ1v) is 6.58. The third kappa shape index (κ3) is 2.16. The molecule has 1 aromatic heterocycles. The van der Waals surface area contributed by atoms with E-state index in [0.717, 1.165) is 13.1 Å². The van der Waals surface area contributed by atoms with E-state index in [9.17, 15) is 0 Å². The molecule has 3 rings (SSSR count). The molecule has 1 saturated carbocycles. The summed E-state index contributed by atoms with van der Waals surface area (Å²) in [6.07, 6.45) is 4.58. The van der Waals surface area contributed by atoms with Crippen molar-refractivity contribution in [3.63, 3.8) is 0 Å². The van der Waals surface area contributed by atoms with E-state index in [-0.39, 0.29) is 5.54 Å². The van der Waals surface area contributed by atoms with Gasteiger partial charge in [-0.05, 0) is 31.5 Å². The van der Waals surface area contributed by atoms with Gasteiger partial charge >= 0.3 is 0 Å². The average molecular weight is 243 g/mol. The molecular weight excluding hydrogens is 222 g/mol. The van der Waals surface area contributed by atoms with Crippen molar-refractivity contribution < 1.29 is 0 Å². The lowest BCUT2D eigenvalue weighted by Crippen LogP contribution is -2.36. The standard InChI is InChI=1S/C15H21N3/c1-17(11-15(16)7-8-15)9-12-10-18(2)14-6-4-3-5-13(12)14/h3-6,10H,7-9,11,16H2,1-2H3. The Labute approximate surface area is 108 Å². The Morgan fingerprint density at radius 1 is 1.33 bits per heavy atom. The van der Waals surface area contributed by atoms with Crippen LogP contribution in [0.25, 0.3) is 10.9 Å². The van der Waals surface area contributed by atoms with Gasteiger partial charge in [-0.25, -0.2) is 0 Å². The second-order valence-electron chi connectivity index (χ2n) is 5.82. The largest absolute Gasteiger partial charge is 0.350 e. The van der Waals surface area contributed by atoms with Crippen molar-refractivity contribution in [2.24, 2.45) is 12.8 Å². The van der Waals surface area contributed by atoms with Gasteiger partial charge in [0, 0.05) is 42.8 Å². The van der Waals surface area contributed by atoms with Gasteiger partial charge in [-0.2, -0.15) is 0 Å². The molecule has 3 nitrogen and oxygen atoms in total. The number of aryl methyl sites for hydroxylation is 1. The number of aromatic nitrogens is 1. The molecule has 18 heavy (non-hydrogen) atoms. The number of fused-ring (bicyclic) bond motifs is 1. The molecule has 0 spiro atoms. The SMILES string of the molecule is CN(Cc1cn(C)c2ccccc12)CC1(N)CC1. The van der Waals surface area contributed by atoms with Crippen molar-refractivity contribution in [2.75, 3.05) is 13.6 Å². The van der Waals surface area contributed by atoms with Crippen LogP contribution in [0.1, 0.15) is 18.4 Å². The zero-order chi connectivity index (χ0) is 12.8. The summed E-state index contributed by atoms with van der Waals surface area (Å²) in [7, 11) is 4.27. The molecule has 96 valence electrons. The molecule has 0 unspecified atom stereocenters. The first-order valence-electron chi connectivity index (χ1n) is 6.58. The molecule has 2 N–H and O–H groups in total. The molecular formula is C15H21N3. The highest BCUT2D eigenvalue weighted by molar-refractivity contribution is 5.83. The fraction of sp³-hybridized carbons (Fsp3) is 0.467. The highest BCUT2D eigenvalue weighted by atomic mass is 15.1. The van der Waals surface area contributed by atoms with E-state index in [0.29, 0.717) is 0 Å². The summed E-state index contributed by atoms with van der Waals surface area (Å²) in [5.41, 5.74) is 8.96. The Morgan fingerprint density at radius 3 is 2.78 bits per heavy atom. The molecule has 0 saturated heterocycles. The van der Waals surface area contributed by atoms with Crippen molar-refractivity contribution in [1.29, 1.82) is 0 Å². The topological polar surface area (TPSA) is 34.2 Å². The Hall–Kier alpha value is -1.32. The molecule has 1 aliphatic carbocycles. The monoisotopic (exact) mass is 243 g/mol. The first kappa shape index (κ1) is 11.8. The van der Waals surface area contributed by atoms with Crippen molar-refractivity contribution >= 4 is 10.9 Å². The van der Waals surface area contributed by atoms with Crippen LogP contribution in [-0.4, -0.2) is 28.6 Å². The number of benzene rings is 1. The molecule has 0 radical (unpaired) electrons. The van der Waals surface area contributed by atoms with Crippen LogP contribution < -0.4 is 5.73 Å². The van der Waals surface area contributed by atoms with Gasteiger partial charge in [0.15, 0.2) is 0 Å². The minimum absolute atomic E-state index is 0.0966. The molecule has 2 aromatic rings. The lowest BCUT2D eigenvalue weighted by Gasteiger charge is -2.20. The minimum atomic E-state index is 0.0966. The molecule has 1 aliphatic rings. The molecule has 1 fully saturated rings. The number of nitrogens with zero attached hydrogens (tertiary/aromatic N) is 2. The molecule has 0 amide bonds. The summed E-state index contributed by atoms with van der Waals surface area (Å²) in [4.78, 5) is 2.34. The van der Waals surface area contributed by atoms with E-state index in [1.165, 1.54) is 29.3 Å². The van der Waals surface area contributed by atoms with Crippen LogP contribution in [0.3, 0.4) is 0 Å². The van der Waals surface area contributed by atoms with Gasteiger partial charge in [-0.15, -0.1) is 0 Å². The third-order valence-electron chi connectivity index (χ3n) is 3.90. The maximum atomic E-state index is 6.17. The van der Waals surface area contributed by atoms with E-state index in [4.69, 9.17) is 5.73 Å². The second kappa shape index (κ2) is 4.11. The molecule has 0 bridgehead atoms. The summed E-state index contributed by atoms with van der Waals surface area (Å²) in [6.45, 7) is 1.97. The third-order valence-corrected chi connectivity index (χ3v) is 3.90. The fourth-order valence-electron chi connectivity index (χ4n) is 2.75. The van der Waals surface area contributed by atoms with Crippen molar-refractivity contribution in [3.8, 4) is 0 Å². The summed E-state index contributed by atoms with van der Waals surface area (Å²) >= 11 is 0. The maximum Gasteiger partial charge on any atom is 0.0481 e. The first-order chi connectivity index (χ1) is 8.57. The highest BCUT2D eigenvalue weighted by Gasteiger charge is 2.38. The summed E-state index contributed by atoms with van der Waals surface area (Å²) in [5.74, 6) is 0. The normalized spacial score (nSPS) is 17.6. The fourth-order valence-corrected chi connectivity index (χ4v) is 2.75.